The third kappa shape index (κ3) is 4.02. The molecular formula is C20H21N3OS. The molecule has 1 aromatic carbocycles. The Morgan fingerprint density at radius 3 is 3.00 bits per heavy atom. The van der Waals surface area contributed by atoms with E-state index in [4.69, 9.17) is 0 Å². The maximum atomic E-state index is 12.4. The minimum atomic E-state index is -0.0171. The first kappa shape index (κ1) is 17.5. The number of nitriles is 1. The number of hydrogen-bond donors (Lipinski definition) is 1. The highest BCUT2D eigenvalue weighted by Crippen LogP contribution is 2.30. The number of aromatic nitrogens is 1. The molecule has 1 aliphatic rings. The SMILES string of the molecule is Cc1cc(C)c(C#N)c(SCC(=O)N[C@@H]2CCCc3ccccc32)n1. The first-order chi connectivity index (χ1) is 12.1. The number of carbonyl (C=O) groups excluding carboxylic acids is 1. The maximum Gasteiger partial charge on any atom is 0.230 e. The van der Waals surface area contributed by atoms with Gasteiger partial charge in [0.15, 0.2) is 0 Å². The second-order valence-corrected chi connectivity index (χ2v) is 7.34. The van der Waals surface area contributed by atoms with Crippen molar-refractivity contribution in [3.63, 3.8) is 0 Å². The number of rotatable bonds is 4. The van der Waals surface area contributed by atoms with Gasteiger partial charge in [-0.1, -0.05) is 36.0 Å². The van der Waals surface area contributed by atoms with E-state index in [0.717, 1.165) is 30.5 Å². The van der Waals surface area contributed by atoms with Gasteiger partial charge in [-0.3, -0.25) is 4.79 Å². The summed E-state index contributed by atoms with van der Waals surface area (Å²) in [5, 5.41) is 13.1. The van der Waals surface area contributed by atoms with Gasteiger partial charge in [-0.25, -0.2) is 4.98 Å². The van der Waals surface area contributed by atoms with Crippen LogP contribution in [-0.4, -0.2) is 16.6 Å². The second kappa shape index (κ2) is 7.71. The summed E-state index contributed by atoms with van der Waals surface area (Å²) >= 11 is 1.33. The maximum absolute atomic E-state index is 12.4. The minimum Gasteiger partial charge on any atom is -0.349 e. The summed E-state index contributed by atoms with van der Waals surface area (Å²) in [4.78, 5) is 16.8. The lowest BCUT2D eigenvalue weighted by Crippen LogP contribution is -2.32. The van der Waals surface area contributed by atoms with Crippen LogP contribution >= 0.6 is 11.8 Å². The molecule has 25 heavy (non-hydrogen) atoms. The van der Waals surface area contributed by atoms with Crippen LogP contribution in [0.3, 0.4) is 0 Å². The van der Waals surface area contributed by atoms with Crippen LogP contribution in [0.2, 0.25) is 0 Å². The van der Waals surface area contributed by atoms with Gasteiger partial charge in [0.1, 0.15) is 11.1 Å². The highest BCUT2D eigenvalue weighted by atomic mass is 32.2. The summed E-state index contributed by atoms with van der Waals surface area (Å²) in [5.41, 5.74) is 4.88. The Bertz CT molecular complexity index is 841. The number of hydrogen-bond acceptors (Lipinski definition) is 4. The third-order valence-corrected chi connectivity index (χ3v) is 5.44. The lowest BCUT2D eigenvalue weighted by molar-refractivity contribution is -0.119. The standard InChI is InChI=1S/C20H21N3OS/c1-13-10-14(2)22-20(17(13)11-21)25-12-19(24)23-18-9-5-7-15-6-3-4-8-16(15)18/h3-4,6,8,10,18H,5,7,9,12H2,1-2H3,(H,23,24)/t18-/m1/s1. The quantitative estimate of drug-likeness (QED) is 0.850. The lowest BCUT2D eigenvalue weighted by Gasteiger charge is -2.26. The number of fused-ring (bicyclic) bond motifs is 1. The molecule has 0 bridgehead atoms. The molecule has 1 atom stereocenters. The van der Waals surface area contributed by atoms with Gasteiger partial charge >= 0.3 is 0 Å². The number of thioether (sulfide) groups is 1. The predicted octanol–water partition coefficient (Wildman–Crippen LogP) is 3.86. The minimum absolute atomic E-state index is 0.0171. The zero-order valence-corrected chi connectivity index (χ0v) is 15.3. The van der Waals surface area contributed by atoms with E-state index < -0.39 is 0 Å². The van der Waals surface area contributed by atoms with Crippen LogP contribution in [0.15, 0.2) is 35.4 Å². The van der Waals surface area contributed by atoms with Crippen LogP contribution in [0.25, 0.3) is 0 Å². The molecule has 5 heteroatoms. The normalized spacial score (nSPS) is 16.0. The Kier molecular flexibility index (Phi) is 5.40. The van der Waals surface area contributed by atoms with Crippen molar-refractivity contribution < 1.29 is 4.79 Å². The molecule has 0 aliphatic heterocycles. The van der Waals surface area contributed by atoms with E-state index in [9.17, 15) is 10.1 Å². The molecule has 2 aromatic rings. The van der Waals surface area contributed by atoms with E-state index in [2.05, 4.69) is 28.5 Å². The molecule has 0 saturated carbocycles. The van der Waals surface area contributed by atoms with Gasteiger partial charge in [0.2, 0.25) is 5.91 Å². The number of amides is 1. The van der Waals surface area contributed by atoms with E-state index in [1.54, 1.807) is 0 Å². The number of benzene rings is 1. The van der Waals surface area contributed by atoms with Crippen molar-refractivity contribution in [3.8, 4) is 6.07 Å². The van der Waals surface area contributed by atoms with Gasteiger partial charge in [-0.05, 0) is 55.9 Å². The summed E-state index contributed by atoms with van der Waals surface area (Å²) in [5.74, 6) is 0.250. The Balaban J connectivity index is 1.66. The van der Waals surface area contributed by atoms with Crippen molar-refractivity contribution in [2.75, 3.05) is 5.75 Å². The Hall–Kier alpha value is -2.32. The van der Waals surface area contributed by atoms with Crippen LogP contribution in [0, 0.1) is 25.2 Å². The Labute approximate surface area is 152 Å². The van der Waals surface area contributed by atoms with Crippen LogP contribution < -0.4 is 5.32 Å². The molecule has 0 radical (unpaired) electrons. The zero-order chi connectivity index (χ0) is 17.8. The molecule has 0 saturated heterocycles. The molecule has 3 rings (SSSR count). The molecule has 1 aliphatic carbocycles. The van der Waals surface area contributed by atoms with E-state index in [1.165, 1.54) is 22.9 Å². The summed E-state index contributed by atoms with van der Waals surface area (Å²) in [6.07, 6.45) is 3.14. The zero-order valence-electron chi connectivity index (χ0n) is 14.5. The van der Waals surface area contributed by atoms with Crippen LogP contribution in [0.1, 0.15) is 46.8 Å². The molecule has 1 heterocycles. The number of nitrogens with one attached hydrogen (secondary N) is 1. The van der Waals surface area contributed by atoms with Gasteiger partial charge in [-0.2, -0.15) is 5.26 Å². The number of nitrogens with zero attached hydrogens (tertiary/aromatic N) is 2. The molecular weight excluding hydrogens is 330 g/mol. The fraction of sp³-hybridized carbons (Fsp3) is 0.350. The molecule has 1 amide bonds. The average molecular weight is 351 g/mol. The van der Waals surface area contributed by atoms with E-state index in [-0.39, 0.29) is 17.7 Å². The predicted molar refractivity (Wildman–Crippen MR) is 99.4 cm³/mol. The number of aryl methyl sites for hydroxylation is 3. The molecule has 0 spiro atoms. The van der Waals surface area contributed by atoms with Crippen molar-refractivity contribution in [2.45, 2.75) is 44.2 Å². The van der Waals surface area contributed by atoms with Crippen molar-refractivity contribution in [1.29, 1.82) is 5.26 Å². The average Bonchev–Trinajstić information content (AvgIpc) is 2.60. The summed E-state index contributed by atoms with van der Waals surface area (Å²) < 4.78 is 0. The largest absolute Gasteiger partial charge is 0.349 e. The van der Waals surface area contributed by atoms with Crippen molar-refractivity contribution in [1.82, 2.24) is 10.3 Å². The van der Waals surface area contributed by atoms with E-state index in [0.29, 0.717) is 10.6 Å². The highest BCUT2D eigenvalue weighted by molar-refractivity contribution is 8.00. The second-order valence-electron chi connectivity index (χ2n) is 6.37. The van der Waals surface area contributed by atoms with Crippen LogP contribution in [0.5, 0.6) is 0 Å². The molecule has 128 valence electrons. The van der Waals surface area contributed by atoms with Gasteiger partial charge in [-0.15, -0.1) is 0 Å². The summed E-state index contributed by atoms with van der Waals surface area (Å²) in [6.45, 7) is 3.80. The van der Waals surface area contributed by atoms with E-state index >= 15 is 0 Å². The van der Waals surface area contributed by atoms with Crippen molar-refractivity contribution in [3.05, 3.63) is 58.3 Å². The molecule has 4 nitrogen and oxygen atoms in total. The molecule has 1 aromatic heterocycles. The Morgan fingerprint density at radius 1 is 1.40 bits per heavy atom. The molecule has 1 N–H and O–H groups in total. The fourth-order valence-electron chi connectivity index (χ4n) is 3.32. The van der Waals surface area contributed by atoms with Gasteiger partial charge in [0, 0.05) is 5.69 Å². The summed E-state index contributed by atoms with van der Waals surface area (Å²) in [6, 6.07) is 12.5. The van der Waals surface area contributed by atoms with Gasteiger partial charge in [0.05, 0.1) is 17.4 Å². The third-order valence-electron chi connectivity index (χ3n) is 4.47. The molecule has 0 unspecified atom stereocenters. The number of pyridine rings is 1. The Morgan fingerprint density at radius 2 is 2.20 bits per heavy atom. The van der Waals surface area contributed by atoms with Crippen LogP contribution in [0.4, 0.5) is 0 Å². The topological polar surface area (TPSA) is 65.8 Å². The highest BCUT2D eigenvalue weighted by Gasteiger charge is 2.21. The van der Waals surface area contributed by atoms with Gasteiger partial charge in [0.25, 0.3) is 0 Å². The van der Waals surface area contributed by atoms with E-state index in [1.807, 2.05) is 32.0 Å². The smallest absolute Gasteiger partial charge is 0.230 e. The first-order valence-electron chi connectivity index (χ1n) is 8.47. The summed E-state index contributed by atoms with van der Waals surface area (Å²) in [7, 11) is 0. The molecule has 0 fully saturated rings. The van der Waals surface area contributed by atoms with Gasteiger partial charge < -0.3 is 5.32 Å². The van der Waals surface area contributed by atoms with Crippen LogP contribution in [-0.2, 0) is 11.2 Å². The first-order valence-corrected chi connectivity index (χ1v) is 9.45. The lowest BCUT2D eigenvalue weighted by atomic mass is 9.88. The number of carbonyl (C=O) groups is 1. The monoisotopic (exact) mass is 351 g/mol. The van der Waals surface area contributed by atoms with Crippen molar-refractivity contribution >= 4 is 17.7 Å². The van der Waals surface area contributed by atoms with Crippen molar-refractivity contribution in [2.24, 2.45) is 0 Å². The fourth-order valence-corrected chi connectivity index (χ4v) is 4.23.